The third-order valence-corrected chi connectivity index (χ3v) is 5.02. The Labute approximate surface area is 128 Å². The Hall–Kier alpha value is -0.930. The molecule has 0 unspecified atom stereocenters. The van der Waals surface area contributed by atoms with Crippen molar-refractivity contribution in [2.24, 2.45) is 16.8 Å². The highest BCUT2D eigenvalue weighted by Gasteiger charge is 2.47. The van der Waals surface area contributed by atoms with E-state index in [0.717, 1.165) is 17.8 Å². The summed E-state index contributed by atoms with van der Waals surface area (Å²) in [5.74, 6) is 2.44. The number of guanidine groups is 1. The average molecular weight is 310 g/mol. The molecule has 0 spiro atoms. The van der Waals surface area contributed by atoms with Crippen molar-refractivity contribution in [2.75, 3.05) is 0 Å². The van der Waals surface area contributed by atoms with Crippen LogP contribution in [-0.4, -0.2) is 18.0 Å². The Bertz CT molecular complexity index is 522. The van der Waals surface area contributed by atoms with Gasteiger partial charge in [0.2, 0.25) is 0 Å². The van der Waals surface area contributed by atoms with Crippen molar-refractivity contribution in [2.45, 2.75) is 37.8 Å². The van der Waals surface area contributed by atoms with Crippen LogP contribution in [0.15, 0.2) is 23.2 Å². The fraction of sp³-hybridized carbons (Fsp3) is 0.533. The highest BCUT2D eigenvalue weighted by atomic mass is 35.5. The van der Waals surface area contributed by atoms with Crippen molar-refractivity contribution in [1.29, 1.82) is 0 Å². The maximum atomic E-state index is 6.18. The zero-order valence-electron chi connectivity index (χ0n) is 11.1. The minimum atomic E-state index is 0.530. The van der Waals surface area contributed by atoms with Crippen LogP contribution in [0.4, 0.5) is 5.69 Å². The summed E-state index contributed by atoms with van der Waals surface area (Å²) in [6, 6.07) is 6.53. The number of halogens is 2. The fourth-order valence-corrected chi connectivity index (χ4v) is 3.52. The lowest BCUT2D eigenvalue weighted by molar-refractivity contribution is 0.425. The van der Waals surface area contributed by atoms with Gasteiger partial charge in [0.25, 0.3) is 0 Å². The molecule has 0 amide bonds. The van der Waals surface area contributed by atoms with E-state index in [9.17, 15) is 0 Å². The van der Waals surface area contributed by atoms with Gasteiger partial charge in [-0.1, -0.05) is 29.3 Å². The Kier molecular flexibility index (Phi) is 3.08. The van der Waals surface area contributed by atoms with Crippen LogP contribution in [0.5, 0.6) is 0 Å². The molecule has 1 heterocycles. The molecule has 4 rings (SSSR count). The first-order valence-corrected chi connectivity index (χ1v) is 8.04. The normalized spacial score (nSPS) is 31.2. The van der Waals surface area contributed by atoms with Crippen LogP contribution in [-0.2, 0) is 0 Å². The van der Waals surface area contributed by atoms with Crippen LogP contribution < -0.4 is 10.6 Å². The van der Waals surface area contributed by atoms with Crippen molar-refractivity contribution in [3.8, 4) is 0 Å². The van der Waals surface area contributed by atoms with Crippen molar-refractivity contribution in [1.82, 2.24) is 10.6 Å². The summed E-state index contributed by atoms with van der Waals surface area (Å²) in [5.41, 5.74) is 0.650. The number of hydrogen-bond donors (Lipinski definition) is 2. The summed E-state index contributed by atoms with van der Waals surface area (Å²) >= 11 is 12.4. The highest BCUT2D eigenvalue weighted by Crippen LogP contribution is 2.43. The maximum Gasteiger partial charge on any atom is 0.197 e. The Balaban J connectivity index is 1.61. The fourth-order valence-electron chi connectivity index (χ4n) is 3.04. The number of rotatable bonds is 3. The molecule has 5 heteroatoms. The molecule has 1 aromatic carbocycles. The second-order valence-corrected chi connectivity index (χ2v) is 6.86. The lowest BCUT2D eigenvalue weighted by atomic mass is 10.0. The summed E-state index contributed by atoms with van der Waals surface area (Å²) in [6.45, 7) is 0. The van der Waals surface area contributed by atoms with E-state index in [1.54, 1.807) is 0 Å². The molecule has 3 fully saturated rings. The lowest BCUT2D eigenvalue weighted by Crippen LogP contribution is -2.36. The summed E-state index contributed by atoms with van der Waals surface area (Å²) in [4.78, 5) is 4.61. The molecule has 2 atom stereocenters. The molecule has 0 bridgehead atoms. The monoisotopic (exact) mass is 309 g/mol. The minimum Gasteiger partial charge on any atom is -0.351 e. The van der Waals surface area contributed by atoms with E-state index in [4.69, 9.17) is 23.2 Å². The van der Waals surface area contributed by atoms with Crippen molar-refractivity contribution < 1.29 is 0 Å². The van der Waals surface area contributed by atoms with Gasteiger partial charge in [-0.25, -0.2) is 4.99 Å². The van der Waals surface area contributed by atoms with Crippen LogP contribution in [0, 0.1) is 11.8 Å². The Morgan fingerprint density at radius 3 is 1.85 bits per heavy atom. The van der Waals surface area contributed by atoms with E-state index in [1.165, 1.54) is 25.7 Å². The molecule has 3 nitrogen and oxygen atoms in total. The van der Waals surface area contributed by atoms with Gasteiger partial charge >= 0.3 is 0 Å². The Morgan fingerprint density at radius 1 is 0.900 bits per heavy atom. The number of aliphatic imine (C=N–C) groups is 1. The summed E-state index contributed by atoms with van der Waals surface area (Å²) in [5, 5.41) is 8.28. The zero-order valence-corrected chi connectivity index (χ0v) is 12.6. The van der Waals surface area contributed by atoms with E-state index in [-0.39, 0.29) is 0 Å². The van der Waals surface area contributed by atoms with E-state index in [1.807, 2.05) is 18.2 Å². The van der Waals surface area contributed by atoms with Gasteiger partial charge in [-0.3, -0.25) is 0 Å². The molecule has 2 aliphatic carbocycles. The first-order chi connectivity index (χ1) is 9.72. The first-order valence-electron chi connectivity index (χ1n) is 7.28. The van der Waals surface area contributed by atoms with Crippen LogP contribution in [0.1, 0.15) is 25.7 Å². The predicted octanol–water partition coefficient (Wildman–Crippen LogP) is 3.73. The lowest BCUT2D eigenvalue weighted by Gasteiger charge is -2.16. The van der Waals surface area contributed by atoms with E-state index >= 15 is 0 Å². The summed E-state index contributed by atoms with van der Waals surface area (Å²) in [6.07, 6.45) is 5.34. The van der Waals surface area contributed by atoms with Gasteiger partial charge in [0.1, 0.15) is 5.69 Å². The number of hydrogen-bond acceptors (Lipinski definition) is 1. The highest BCUT2D eigenvalue weighted by molar-refractivity contribution is 6.38. The van der Waals surface area contributed by atoms with Crippen molar-refractivity contribution >= 4 is 34.8 Å². The van der Waals surface area contributed by atoms with Crippen molar-refractivity contribution in [3.63, 3.8) is 0 Å². The number of nitrogens with zero attached hydrogens (tertiary/aromatic N) is 1. The number of para-hydroxylation sites is 1. The largest absolute Gasteiger partial charge is 0.351 e. The van der Waals surface area contributed by atoms with Gasteiger partial charge in [0.15, 0.2) is 5.96 Å². The molecule has 1 saturated heterocycles. The van der Waals surface area contributed by atoms with Gasteiger partial charge in [-0.15, -0.1) is 0 Å². The standard InChI is InChI=1S/C15H17Cl2N3/c16-10-2-1-3-11(17)14(10)20-15-18-12(8-4-5-8)13(19-15)9-6-7-9/h1-3,8-9,12-13H,4-7H2,(H2,18,19,20)/t12-,13+. The molecule has 2 N–H and O–H groups in total. The van der Waals surface area contributed by atoms with Crippen LogP contribution >= 0.6 is 23.2 Å². The minimum absolute atomic E-state index is 0.530. The average Bonchev–Trinajstić information content (AvgIpc) is 3.32. The first kappa shape index (κ1) is 12.8. The Morgan fingerprint density at radius 2 is 1.40 bits per heavy atom. The third kappa shape index (κ3) is 2.38. The SMILES string of the molecule is Clc1cccc(Cl)c1/N=C1\N[C@H](C2CC2)[C@H](C2CC2)N1. The zero-order chi connectivity index (χ0) is 13.7. The van der Waals surface area contributed by atoms with Gasteiger partial charge in [0.05, 0.1) is 22.1 Å². The third-order valence-electron chi connectivity index (χ3n) is 4.41. The van der Waals surface area contributed by atoms with Crippen LogP contribution in [0.2, 0.25) is 10.0 Å². The van der Waals surface area contributed by atoms with Crippen LogP contribution in [0.3, 0.4) is 0 Å². The second kappa shape index (κ2) is 4.81. The molecule has 106 valence electrons. The molecule has 0 radical (unpaired) electrons. The molecule has 1 aliphatic heterocycles. The van der Waals surface area contributed by atoms with E-state index in [0.29, 0.717) is 27.8 Å². The maximum absolute atomic E-state index is 6.18. The summed E-state index contributed by atoms with van der Waals surface area (Å²) in [7, 11) is 0. The second-order valence-electron chi connectivity index (χ2n) is 6.05. The topological polar surface area (TPSA) is 36.4 Å². The number of benzene rings is 1. The molecule has 20 heavy (non-hydrogen) atoms. The molecular weight excluding hydrogens is 293 g/mol. The predicted molar refractivity (Wildman–Crippen MR) is 82.9 cm³/mol. The van der Waals surface area contributed by atoms with Gasteiger partial charge in [0, 0.05) is 0 Å². The smallest absolute Gasteiger partial charge is 0.197 e. The van der Waals surface area contributed by atoms with Gasteiger partial charge in [-0.2, -0.15) is 0 Å². The molecular formula is C15H17Cl2N3. The van der Waals surface area contributed by atoms with Gasteiger partial charge in [-0.05, 0) is 49.7 Å². The van der Waals surface area contributed by atoms with E-state index in [2.05, 4.69) is 15.6 Å². The van der Waals surface area contributed by atoms with E-state index < -0.39 is 0 Å². The summed E-state index contributed by atoms with van der Waals surface area (Å²) < 4.78 is 0. The van der Waals surface area contributed by atoms with Crippen LogP contribution in [0.25, 0.3) is 0 Å². The number of nitrogens with one attached hydrogen (secondary N) is 2. The molecule has 2 saturated carbocycles. The van der Waals surface area contributed by atoms with Crippen molar-refractivity contribution in [3.05, 3.63) is 28.2 Å². The molecule has 3 aliphatic rings. The van der Waals surface area contributed by atoms with Gasteiger partial charge < -0.3 is 10.6 Å². The molecule has 1 aromatic rings. The quantitative estimate of drug-likeness (QED) is 0.892. The molecule has 0 aromatic heterocycles.